The highest BCUT2D eigenvalue weighted by Gasteiger charge is 2.40. The van der Waals surface area contributed by atoms with Crippen molar-refractivity contribution >= 4 is 16.6 Å². The largest absolute Gasteiger partial charge is 0.354 e. The summed E-state index contributed by atoms with van der Waals surface area (Å²) in [5.41, 5.74) is 2.60. The van der Waals surface area contributed by atoms with Crippen LogP contribution >= 0.6 is 0 Å². The van der Waals surface area contributed by atoms with E-state index in [0.29, 0.717) is 0 Å². The minimum atomic E-state index is -0.723. The summed E-state index contributed by atoms with van der Waals surface area (Å²) < 4.78 is 12.5. The molecule has 2 aliphatic rings. The minimum Gasteiger partial charge on any atom is -0.354 e. The lowest BCUT2D eigenvalue weighted by molar-refractivity contribution is 0.492. The standard InChI is InChI=1S/C17H27N3OS/c1-4-17(5-2)12-20(10-11-22(17)21)16-14-8-6-7-9-15(14)18-13(3)19-16/h4-12H2,1-3H3. The smallest absolute Gasteiger partial charge is 0.135 e. The fraction of sp³-hybridized carbons (Fsp3) is 0.765. The van der Waals surface area contributed by atoms with Crippen molar-refractivity contribution in [1.29, 1.82) is 0 Å². The van der Waals surface area contributed by atoms with Crippen molar-refractivity contribution in [3.05, 3.63) is 17.1 Å². The topological polar surface area (TPSA) is 46.1 Å². The average molecular weight is 321 g/mol. The first kappa shape index (κ1) is 15.9. The first-order valence-electron chi connectivity index (χ1n) is 8.59. The third-order valence-electron chi connectivity index (χ3n) is 5.37. The zero-order valence-electron chi connectivity index (χ0n) is 14.0. The second kappa shape index (κ2) is 6.26. The van der Waals surface area contributed by atoms with E-state index in [0.717, 1.165) is 56.2 Å². The van der Waals surface area contributed by atoms with Crippen molar-refractivity contribution in [1.82, 2.24) is 9.97 Å². The number of hydrogen-bond acceptors (Lipinski definition) is 4. The number of nitrogens with zero attached hydrogens (tertiary/aromatic N) is 3. The summed E-state index contributed by atoms with van der Waals surface area (Å²) in [5, 5.41) is 0. The zero-order chi connectivity index (χ0) is 15.7. The number of fused-ring (bicyclic) bond motifs is 1. The summed E-state index contributed by atoms with van der Waals surface area (Å²) in [4.78, 5) is 11.8. The minimum absolute atomic E-state index is 0.0708. The van der Waals surface area contributed by atoms with Crippen LogP contribution in [-0.2, 0) is 23.6 Å². The van der Waals surface area contributed by atoms with E-state index < -0.39 is 10.8 Å². The van der Waals surface area contributed by atoms with E-state index >= 15 is 0 Å². The second-order valence-corrected chi connectivity index (χ2v) is 8.55. The Balaban J connectivity index is 1.97. The van der Waals surface area contributed by atoms with Gasteiger partial charge in [0.05, 0.1) is 4.75 Å². The van der Waals surface area contributed by atoms with Gasteiger partial charge in [0.2, 0.25) is 0 Å². The first-order valence-corrected chi connectivity index (χ1v) is 9.91. The van der Waals surface area contributed by atoms with Crippen LogP contribution in [0.3, 0.4) is 0 Å². The number of aryl methyl sites for hydroxylation is 2. The highest BCUT2D eigenvalue weighted by molar-refractivity contribution is 7.86. The molecule has 4 nitrogen and oxygen atoms in total. The molecule has 5 heteroatoms. The van der Waals surface area contributed by atoms with Crippen molar-refractivity contribution in [2.75, 3.05) is 23.7 Å². The molecule has 0 radical (unpaired) electrons. The third-order valence-corrected chi connectivity index (χ3v) is 7.60. The molecule has 122 valence electrons. The Morgan fingerprint density at radius 3 is 2.64 bits per heavy atom. The van der Waals surface area contributed by atoms with E-state index in [1.54, 1.807) is 0 Å². The zero-order valence-corrected chi connectivity index (χ0v) is 14.8. The quantitative estimate of drug-likeness (QED) is 0.859. The second-order valence-electron chi connectivity index (χ2n) is 6.59. The summed E-state index contributed by atoms with van der Waals surface area (Å²) in [6.45, 7) is 8.07. The molecule has 1 aliphatic heterocycles. The van der Waals surface area contributed by atoms with Gasteiger partial charge in [0.15, 0.2) is 0 Å². The highest BCUT2D eigenvalue weighted by Crippen LogP contribution is 2.34. The predicted molar refractivity (Wildman–Crippen MR) is 91.9 cm³/mol. The van der Waals surface area contributed by atoms with Crippen LogP contribution in [0.5, 0.6) is 0 Å². The van der Waals surface area contributed by atoms with Gasteiger partial charge in [-0.05, 0) is 45.4 Å². The Bertz CT molecular complexity index is 584. The lowest BCUT2D eigenvalue weighted by Crippen LogP contribution is -2.53. The molecule has 1 fully saturated rings. The lowest BCUT2D eigenvalue weighted by Gasteiger charge is -2.42. The maximum Gasteiger partial charge on any atom is 0.135 e. The molecule has 3 rings (SSSR count). The highest BCUT2D eigenvalue weighted by atomic mass is 32.2. The van der Waals surface area contributed by atoms with Crippen molar-refractivity contribution in [3.8, 4) is 0 Å². The molecular weight excluding hydrogens is 294 g/mol. The van der Waals surface area contributed by atoms with E-state index in [-0.39, 0.29) is 4.75 Å². The van der Waals surface area contributed by atoms with E-state index in [1.807, 2.05) is 6.92 Å². The average Bonchev–Trinajstić information content (AvgIpc) is 2.55. The molecule has 0 spiro atoms. The van der Waals surface area contributed by atoms with Crippen LogP contribution in [0.15, 0.2) is 0 Å². The molecule has 1 aromatic rings. The van der Waals surface area contributed by atoms with E-state index in [1.165, 1.54) is 24.1 Å². The predicted octanol–water partition coefficient (Wildman–Crippen LogP) is 2.79. The Hall–Kier alpha value is -0.970. The van der Waals surface area contributed by atoms with Crippen molar-refractivity contribution in [2.24, 2.45) is 0 Å². The molecule has 2 heterocycles. The van der Waals surface area contributed by atoms with Gasteiger partial charge in [0.25, 0.3) is 0 Å². The Labute approximate surface area is 136 Å². The number of hydrogen-bond donors (Lipinski definition) is 0. The molecule has 1 atom stereocenters. The van der Waals surface area contributed by atoms with Crippen LogP contribution in [0.4, 0.5) is 5.82 Å². The molecule has 1 aromatic heterocycles. The van der Waals surface area contributed by atoms with Gasteiger partial charge >= 0.3 is 0 Å². The maximum absolute atomic E-state index is 12.6. The molecular formula is C17H27N3OS. The fourth-order valence-electron chi connectivity index (χ4n) is 3.84. The van der Waals surface area contributed by atoms with Gasteiger partial charge in [0.1, 0.15) is 11.6 Å². The van der Waals surface area contributed by atoms with Gasteiger partial charge in [-0.15, -0.1) is 0 Å². The van der Waals surface area contributed by atoms with Gasteiger partial charge in [-0.1, -0.05) is 13.8 Å². The molecule has 0 bridgehead atoms. The molecule has 0 saturated carbocycles. The molecule has 1 saturated heterocycles. The van der Waals surface area contributed by atoms with Crippen molar-refractivity contribution < 1.29 is 4.21 Å². The number of rotatable bonds is 3. The number of anilines is 1. The Kier molecular flexibility index (Phi) is 4.53. The Morgan fingerprint density at radius 1 is 1.18 bits per heavy atom. The molecule has 0 amide bonds. The Morgan fingerprint density at radius 2 is 1.91 bits per heavy atom. The van der Waals surface area contributed by atoms with Crippen molar-refractivity contribution in [2.45, 2.75) is 64.0 Å². The SMILES string of the molecule is CCC1(CC)CN(c2nc(C)nc3c2CCCC3)CCS1=O. The van der Waals surface area contributed by atoms with Crippen LogP contribution in [0, 0.1) is 6.92 Å². The van der Waals surface area contributed by atoms with E-state index in [2.05, 4.69) is 23.7 Å². The lowest BCUT2D eigenvalue weighted by atomic mass is 9.95. The summed E-state index contributed by atoms with van der Waals surface area (Å²) >= 11 is 0. The monoisotopic (exact) mass is 321 g/mol. The summed E-state index contributed by atoms with van der Waals surface area (Å²) in [7, 11) is -0.723. The molecule has 1 unspecified atom stereocenters. The van der Waals surface area contributed by atoms with Gasteiger partial charge in [-0.3, -0.25) is 4.21 Å². The maximum atomic E-state index is 12.6. The summed E-state index contributed by atoms with van der Waals surface area (Å²) in [6, 6.07) is 0. The van der Waals surface area contributed by atoms with Crippen LogP contribution < -0.4 is 4.90 Å². The van der Waals surface area contributed by atoms with Gasteiger partial charge in [-0.2, -0.15) is 0 Å². The third kappa shape index (κ3) is 2.68. The van der Waals surface area contributed by atoms with Crippen LogP contribution in [0.25, 0.3) is 0 Å². The van der Waals surface area contributed by atoms with Crippen molar-refractivity contribution in [3.63, 3.8) is 0 Å². The molecule has 0 aromatic carbocycles. The molecule has 22 heavy (non-hydrogen) atoms. The van der Waals surface area contributed by atoms with Crippen LogP contribution in [0.2, 0.25) is 0 Å². The molecule has 0 N–H and O–H groups in total. The van der Waals surface area contributed by atoms with E-state index in [9.17, 15) is 4.21 Å². The fourth-order valence-corrected chi connectivity index (χ4v) is 5.60. The summed E-state index contributed by atoms with van der Waals surface area (Å²) in [6.07, 6.45) is 6.59. The van der Waals surface area contributed by atoms with Gasteiger partial charge in [-0.25, -0.2) is 9.97 Å². The first-order chi connectivity index (χ1) is 10.6. The van der Waals surface area contributed by atoms with Gasteiger partial charge < -0.3 is 4.90 Å². The normalized spacial score (nSPS) is 24.1. The summed E-state index contributed by atoms with van der Waals surface area (Å²) in [5.74, 6) is 2.77. The van der Waals surface area contributed by atoms with Gasteiger partial charge in [0, 0.05) is 40.9 Å². The molecule has 1 aliphatic carbocycles. The van der Waals surface area contributed by atoms with Crippen LogP contribution in [-0.4, -0.2) is 37.8 Å². The van der Waals surface area contributed by atoms with Crippen LogP contribution in [0.1, 0.15) is 56.6 Å². The van der Waals surface area contributed by atoms with E-state index in [4.69, 9.17) is 4.98 Å². The number of aromatic nitrogens is 2.